The number of piperazine rings is 1. The van der Waals surface area contributed by atoms with Gasteiger partial charge in [0, 0.05) is 45.0 Å². The molecule has 0 unspecified atom stereocenters. The molecule has 3 aliphatic rings. The second kappa shape index (κ2) is 10.3. The van der Waals surface area contributed by atoms with Gasteiger partial charge in [0.25, 0.3) is 5.91 Å². The van der Waals surface area contributed by atoms with E-state index in [1.54, 1.807) is 11.0 Å². The zero-order valence-corrected chi connectivity index (χ0v) is 22.2. The molecule has 3 heterocycles. The molecule has 2 amide bonds. The zero-order chi connectivity index (χ0) is 26.2. The summed E-state index contributed by atoms with van der Waals surface area (Å²) in [4.78, 5) is 31.5. The van der Waals surface area contributed by atoms with E-state index >= 15 is 0 Å². The molecule has 9 nitrogen and oxygen atoms in total. The highest BCUT2D eigenvalue weighted by Crippen LogP contribution is 2.36. The minimum Gasteiger partial charge on any atom is -0.482 e. The Kier molecular flexibility index (Phi) is 7.13. The van der Waals surface area contributed by atoms with Crippen molar-refractivity contribution < 1.29 is 22.7 Å². The number of hydrogen-bond donors (Lipinski definition) is 0. The van der Waals surface area contributed by atoms with Crippen LogP contribution in [0.1, 0.15) is 20.3 Å². The van der Waals surface area contributed by atoms with E-state index in [0.717, 1.165) is 12.1 Å². The summed E-state index contributed by atoms with van der Waals surface area (Å²) in [5.74, 6) is 0.426. The number of rotatable bonds is 5. The normalized spacial score (nSPS) is 23.0. The summed E-state index contributed by atoms with van der Waals surface area (Å²) >= 11 is 0. The summed E-state index contributed by atoms with van der Waals surface area (Å²) in [5.41, 5.74) is 1.45. The van der Waals surface area contributed by atoms with Crippen LogP contribution in [-0.4, -0.2) is 81.9 Å². The average molecular weight is 527 g/mol. The van der Waals surface area contributed by atoms with E-state index in [1.165, 1.54) is 21.3 Å². The summed E-state index contributed by atoms with van der Waals surface area (Å²) in [7, 11) is -3.74. The number of fused-ring (bicyclic) bond motifs is 1. The molecule has 3 aliphatic heterocycles. The largest absolute Gasteiger partial charge is 0.482 e. The second-order valence-corrected chi connectivity index (χ2v) is 12.3. The molecule has 0 radical (unpaired) electrons. The lowest BCUT2D eigenvalue weighted by molar-refractivity contribution is -0.132. The van der Waals surface area contributed by atoms with Crippen molar-refractivity contribution in [3.8, 4) is 5.75 Å². The van der Waals surface area contributed by atoms with Crippen LogP contribution in [0.5, 0.6) is 5.75 Å². The number of carbonyl (C=O) groups is 2. The van der Waals surface area contributed by atoms with E-state index in [2.05, 4.69) is 30.9 Å². The lowest BCUT2D eigenvalue weighted by Crippen LogP contribution is -2.53. The zero-order valence-electron chi connectivity index (χ0n) is 21.4. The molecule has 0 spiro atoms. The molecular formula is C27H34N4O5S. The Balaban J connectivity index is 1.31. The standard InChI is InChI=1S/C27H34N4O5S/c1-20-14-21(2)17-30(16-20)37(34,35)23-8-9-25-24(15-23)31(27(33)19-36-25)18-26(32)29-12-10-28(11-13-29)22-6-4-3-5-7-22/h3-9,15,20-21H,10-14,16-19H2,1-2H3/t20-,21-/m1/s1. The maximum absolute atomic E-state index is 13.5. The summed E-state index contributed by atoms with van der Waals surface area (Å²) in [6.45, 7) is 7.24. The highest BCUT2D eigenvalue weighted by Gasteiger charge is 2.35. The summed E-state index contributed by atoms with van der Waals surface area (Å²) in [5, 5.41) is 0. The predicted molar refractivity (Wildman–Crippen MR) is 141 cm³/mol. The Hall–Kier alpha value is -3.11. The van der Waals surface area contributed by atoms with E-state index in [0.29, 0.717) is 50.7 Å². The number of amides is 2. The molecule has 0 aromatic heterocycles. The van der Waals surface area contributed by atoms with Crippen LogP contribution >= 0.6 is 0 Å². The van der Waals surface area contributed by atoms with Crippen LogP contribution in [0.2, 0.25) is 0 Å². The Bertz CT molecular complexity index is 1250. The van der Waals surface area contributed by atoms with Crippen LogP contribution in [0, 0.1) is 11.8 Å². The lowest BCUT2D eigenvalue weighted by atomic mass is 9.94. The second-order valence-electron chi connectivity index (χ2n) is 10.4. The molecule has 37 heavy (non-hydrogen) atoms. The van der Waals surface area contributed by atoms with E-state index in [9.17, 15) is 18.0 Å². The average Bonchev–Trinajstić information content (AvgIpc) is 2.90. The molecule has 0 bridgehead atoms. The van der Waals surface area contributed by atoms with Crippen molar-refractivity contribution in [2.24, 2.45) is 11.8 Å². The minimum atomic E-state index is -3.74. The molecular weight excluding hydrogens is 492 g/mol. The van der Waals surface area contributed by atoms with E-state index in [-0.39, 0.29) is 41.7 Å². The number of hydrogen-bond acceptors (Lipinski definition) is 6. The highest BCUT2D eigenvalue weighted by molar-refractivity contribution is 7.89. The highest BCUT2D eigenvalue weighted by atomic mass is 32.2. The number of piperidine rings is 1. The molecule has 5 rings (SSSR count). The van der Waals surface area contributed by atoms with Crippen molar-refractivity contribution in [1.82, 2.24) is 9.21 Å². The van der Waals surface area contributed by atoms with Gasteiger partial charge in [0.2, 0.25) is 15.9 Å². The molecule has 2 saturated heterocycles. The molecule has 10 heteroatoms. The van der Waals surface area contributed by atoms with Crippen LogP contribution in [0.3, 0.4) is 0 Å². The number of ether oxygens (including phenoxy) is 1. The fourth-order valence-electron chi connectivity index (χ4n) is 5.55. The van der Waals surface area contributed by atoms with E-state index in [4.69, 9.17) is 4.74 Å². The Labute approximate surface area is 218 Å². The number of sulfonamides is 1. The monoisotopic (exact) mass is 526 g/mol. The van der Waals surface area contributed by atoms with Gasteiger partial charge >= 0.3 is 0 Å². The van der Waals surface area contributed by atoms with Gasteiger partial charge in [-0.25, -0.2) is 8.42 Å². The molecule has 2 fully saturated rings. The molecule has 0 N–H and O–H groups in total. The van der Waals surface area contributed by atoms with Crippen molar-refractivity contribution in [3.63, 3.8) is 0 Å². The van der Waals surface area contributed by atoms with E-state index < -0.39 is 10.0 Å². The number of benzene rings is 2. The van der Waals surface area contributed by atoms with Gasteiger partial charge < -0.3 is 14.5 Å². The quantitative estimate of drug-likeness (QED) is 0.595. The molecule has 2 aromatic rings. The van der Waals surface area contributed by atoms with Gasteiger partial charge in [-0.15, -0.1) is 0 Å². The van der Waals surface area contributed by atoms with Gasteiger partial charge in [-0.3, -0.25) is 14.5 Å². The fraction of sp³-hybridized carbons (Fsp3) is 0.481. The first-order valence-corrected chi connectivity index (χ1v) is 14.3. The van der Waals surface area contributed by atoms with E-state index in [1.807, 2.05) is 18.2 Å². The van der Waals surface area contributed by atoms with Crippen molar-refractivity contribution in [2.75, 3.05) is 62.2 Å². The number of carbonyl (C=O) groups excluding carboxylic acids is 2. The summed E-state index contributed by atoms with van der Waals surface area (Å²) in [6, 6.07) is 14.7. The maximum Gasteiger partial charge on any atom is 0.265 e. The Morgan fingerprint density at radius 1 is 0.973 bits per heavy atom. The number of para-hydroxylation sites is 1. The van der Waals surface area contributed by atoms with Gasteiger partial charge in [0.15, 0.2) is 6.61 Å². The minimum absolute atomic E-state index is 0.111. The molecule has 2 atom stereocenters. The van der Waals surface area contributed by atoms with Gasteiger partial charge in [0.1, 0.15) is 12.3 Å². The van der Waals surface area contributed by atoms with Crippen LogP contribution in [0.4, 0.5) is 11.4 Å². The predicted octanol–water partition coefficient (Wildman–Crippen LogP) is 2.43. The van der Waals surface area contributed by atoms with Gasteiger partial charge in [0.05, 0.1) is 10.6 Å². The van der Waals surface area contributed by atoms with Crippen molar-refractivity contribution in [1.29, 1.82) is 0 Å². The first kappa shape index (κ1) is 25.5. The number of anilines is 2. The van der Waals surface area contributed by atoms with Crippen molar-refractivity contribution >= 4 is 33.2 Å². The molecule has 0 aliphatic carbocycles. The van der Waals surface area contributed by atoms with Gasteiger partial charge in [-0.2, -0.15) is 4.31 Å². The first-order chi connectivity index (χ1) is 17.7. The molecule has 0 saturated carbocycles. The topological polar surface area (TPSA) is 90.5 Å². The fourth-order valence-corrected chi connectivity index (χ4v) is 7.26. The number of nitrogens with zero attached hydrogens (tertiary/aromatic N) is 4. The smallest absolute Gasteiger partial charge is 0.265 e. The third-order valence-electron chi connectivity index (χ3n) is 7.39. The third-order valence-corrected chi connectivity index (χ3v) is 9.22. The van der Waals surface area contributed by atoms with Gasteiger partial charge in [-0.05, 0) is 48.6 Å². The lowest BCUT2D eigenvalue weighted by Gasteiger charge is -2.37. The van der Waals surface area contributed by atoms with Crippen LogP contribution < -0.4 is 14.5 Å². The van der Waals surface area contributed by atoms with Crippen LogP contribution in [0.15, 0.2) is 53.4 Å². The third kappa shape index (κ3) is 5.31. The molecule has 198 valence electrons. The maximum atomic E-state index is 13.5. The van der Waals surface area contributed by atoms with Crippen LogP contribution in [0.25, 0.3) is 0 Å². The van der Waals surface area contributed by atoms with Crippen LogP contribution in [-0.2, 0) is 19.6 Å². The first-order valence-electron chi connectivity index (χ1n) is 12.9. The van der Waals surface area contributed by atoms with Gasteiger partial charge in [-0.1, -0.05) is 32.0 Å². The van der Waals surface area contributed by atoms with Crippen molar-refractivity contribution in [2.45, 2.75) is 25.2 Å². The summed E-state index contributed by atoms with van der Waals surface area (Å²) < 4.78 is 34.0. The molecule has 2 aromatic carbocycles. The Morgan fingerprint density at radius 2 is 1.65 bits per heavy atom. The Morgan fingerprint density at radius 3 is 2.32 bits per heavy atom. The van der Waals surface area contributed by atoms with Crippen molar-refractivity contribution in [3.05, 3.63) is 48.5 Å². The SMILES string of the molecule is C[C@@H]1C[C@@H](C)CN(S(=O)(=O)c2ccc3c(c2)N(CC(=O)N2CCN(c4ccccc4)CC2)C(=O)CO3)C1. The summed E-state index contributed by atoms with van der Waals surface area (Å²) in [6.07, 6.45) is 0.994.